The molecule has 1 aromatic heterocycles. The molecule has 0 aliphatic heterocycles. The zero-order valence-electron chi connectivity index (χ0n) is 76.8. The van der Waals surface area contributed by atoms with E-state index in [0.717, 1.165) is 110 Å². The molecule has 39 heteroatoms. The summed E-state index contributed by atoms with van der Waals surface area (Å²) < 4.78 is 259. The highest BCUT2D eigenvalue weighted by atomic mass is 79.9. The Kier molecular flexibility index (Phi) is 33.7. The quantitative estimate of drug-likeness (QED) is 0.0598. The van der Waals surface area contributed by atoms with E-state index in [9.17, 15) is 118 Å². The van der Waals surface area contributed by atoms with Crippen LogP contribution in [0.3, 0.4) is 0 Å². The molecule has 11 fully saturated rings. The predicted octanol–water partition coefficient (Wildman–Crippen LogP) is 25.1. The summed E-state index contributed by atoms with van der Waals surface area (Å²) in [6.07, 6.45) is -8.84. The largest absolute Gasteiger partial charge is 0.573 e. The number of benzene rings is 7. The van der Waals surface area contributed by atoms with Gasteiger partial charge in [-0.2, -0.15) is 0 Å². The van der Waals surface area contributed by atoms with Crippen molar-refractivity contribution in [3.05, 3.63) is 219 Å². The maximum absolute atomic E-state index is 12.6. The van der Waals surface area contributed by atoms with Crippen LogP contribution in [0, 0.1) is 71.0 Å². The molecule has 0 bridgehead atoms. The molecule has 7 aromatic carbocycles. The highest BCUT2D eigenvalue weighted by Gasteiger charge is 2.51. The molecule has 20 rings (SSSR count). The summed E-state index contributed by atoms with van der Waals surface area (Å²) in [7, 11) is 1.60. The SMILES string of the molecule is CCOC(=O)c1nnn(Cc2ccc(OC)cc2)c1OC1C[C@@H]2CC(c3ccc(OC(F)(F)F)cc3)C[C@@H]2C1.FC(F)(F)Oc1ccc(Br)cc1.O=C1CC2CC(=O)CC2C1.O=C1C[C@@H]2CC(O)(c3ccc(OC(F)(F)F)cc3)C[C@@H]2C1.O=C1C[C@@H]2CC(c3ccc(OC(F)(F)F)cc3)C[C@@H]2C1.O=C1C[C@H]2CC(c3ccc(OC(F)(F)F)cc3)=C[C@H]2C1.OC1C[C@@H]2CC(c3ccc(OC(F)(F)F)cc3)C[C@@H]2C1. The minimum absolute atomic E-state index is 0.0569. The van der Waals surface area contributed by atoms with Crippen LogP contribution in [-0.2, 0) is 40.9 Å². The molecule has 11 saturated carbocycles. The van der Waals surface area contributed by atoms with E-state index < -0.39 is 49.7 Å². The summed E-state index contributed by atoms with van der Waals surface area (Å²) in [5, 5.41) is 28.6. The second kappa shape index (κ2) is 45.0. The van der Waals surface area contributed by atoms with Gasteiger partial charge in [0.15, 0.2) is 0 Å². The molecule has 0 radical (unpaired) electrons. The molecule has 0 saturated heterocycles. The number of esters is 1. The number of ether oxygens (including phenoxy) is 9. The molecule has 142 heavy (non-hydrogen) atoms. The summed E-state index contributed by atoms with van der Waals surface area (Å²) in [5.74, 6) is 6.66. The number of methoxy groups -OCH3 is 1. The van der Waals surface area contributed by atoms with Crippen molar-refractivity contribution in [1.29, 1.82) is 0 Å². The Morgan fingerprint density at radius 2 is 0.718 bits per heavy atom. The van der Waals surface area contributed by atoms with Crippen molar-refractivity contribution in [2.24, 2.45) is 71.0 Å². The molecule has 1 heterocycles. The number of rotatable bonds is 18. The van der Waals surface area contributed by atoms with Crippen LogP contribution < -0.4 is 37.9 Å². The normalized spacial score (nSPS) is 27.0. The molecule has 2 N–H and O–H groups in total. The summed E-state index contributed by atoms with van der Waals surface area (Å²) >= 11 is 3.09. The van der Waals surface area contributed by atoms with E-state index >= 15 is 0 Å². The molecule has 20 nitrogen and oxygen atoms in total. The minimum atomic E-state index is -4.72. The third-order valence-electron chi connectivity index (χ3n) is 28.5. The van der Waals surface area contributed by atoms with Gasteiger partial charge in [-0.3, -0.25) is 24.0 Å². The first-order valence-electron chi connectivity index (χ1n) is 46.8. The van der Waals surface area contributed by atoms with Gasteiger partial charge >= 0.3 is 44.1 Å². The zero-order chi connectivity index (χ0) is 102. The number of nitrogens with zero attached hydrogens (tertiary/aromatic N) is 3. The predicted molar refractivity (Wildman–Crippen MR) is 478 cm³/mol. The molecular weight excluding hydrogens is 1970 g/mol. The number of Topliss-reactive ketones (excluding diaryl/α,β-unsaturated/α-hetero) is 5. The number of carbonyl (C=O) groups is 6. The van der Waals surface area contributed by atoms with E-state index in [-0.39, 0.29) is 82.5 Å². The van der Waals surface area contributed by atoms with Gasteiger partial charge in [-0.15, -0.1) is 84.1 Å². The first-order valence-corrected chi connectivity index (χ1v) is 47.6. The monoisotopic (exact) mass is 2080 g/mol. The average Bonchev–Trinajstić information content (AvgIpc) is 1.66. The summed E-state index contributed by atoms with van der Waals surface area (Å²) in [6, 6.07) is 42.7. The number of fused-ring (bicyclic) bond motifs is 6. The Bertz CT molecular complexity index is 5570. The van der Waals surface area contributed by atoms with Gasteiger partial charge in [0.25, 0.3) is 0 Å². The van der Waals surface area contributed by atoms with Crippen LogP contribution in [0.5, 0.6) is 46.1 Å². The average molecular weight is 2080 g/mol. The first-order chi connectivity index (χ1) is 66.9. The number of ketones is 5. The van der Waals surface area contributed by atoms with Crippen molar-refractivity contribution in [3.63, 3.8) is 0 Å². The summed E-state index contributed by atoms with van der Waals surface area (Å²) in [6.45, 7) is 2.30. The first kappa shape index (κ1) is 107. The Hall–Kier alpha value is -11.2. The number of alkyl halides is 18. The third kappa shape index (κ3) is 30.5. The Labute approximate surface area is 813 Å². The van der Waals surface area contributed by atoms with Crippen LogP contribution in [-0.4, -0.2) is 124 Å². The van der Waals surface area contributed by atoms with Crippen LogP contribution in [0.1, 0.15) is 216 Å². The van der Waals surface area contributed by atoms with E-state index in [1.807, 2.05) is 24.3 Å². The van der Waals surface area contributed by atoms with Crippen LogP contribution in [0.4, 0.5) is 79.0 Å². The molecule has 12 aliphatic carbocycles. The van der Waals surface area contributed by atoms with E-state index in [1.165, 1.54) is 97.1 Å². The van der Waals surface area contributed by atoms with Gasteiger partial charge in [0.1, 0.15) is 75.3 Å². The van der Waals surface area contributed by atoms with Gasteiger partial charge in [-0.1, -0.05) is 100 Å². The van der Waals surface area contributed by atoms with Crippen LogP contribution >= 0.6 is 15.9 Å². The van der Waals surface area contributed by atoms with E-state index in [0.29, 0.717) is 194 Å². The highest BCUT2D eigenvalue weighted by Crippen LogP contribution is 2.56. The fourth-order valence-corrected chi connectivity index (χ4v) is 22.9. The van der Waals surface area contributed by atoms with Gasteiger partial charge in [0.2, 0.25) is 11.6 Å². The molecule has 766 valence electrons. The maximum atomic E-state index is 12.6. The topological polar surface area (TPSA) is 257 Å². The number of aliphatic hydroxyl groups is 2. The standard InChI is InChI=1S/C28H30F3N3O5.C15H15F3O3.C15H17F3O2.C15H15F3O2.C15H13F3O2.C8H10O2.C7H4BrF3O/c1-3-37-27(35)25-26(34(33-32-25)16-17-4-8-22(36-2)9-5-17)38-24-14-20-12-19(13-21(20)15-24)18-6-10-23(11-7-18)39-28(29,30)31;16-15(17,18)21-13-3-1-11(2-4-13)14(20)7-9-5-12(19)6-10(9)8-14;3*16-15(17,18)20-14-3-1-9(2-4-14)10-5-11-7-13(19)8-12(11)6-10;9-7-1-5-2-8(10)4-6(5)3-7;8-5-1-3-6(4-2-5)12-7(9,10)11/h4-11,19-21,24H,3,12-16H2,1-2H3;1-4,9-10,20H,5-8H2;1-4,10-13,19H,5-8H2;1-4,10-12H,5-8H2;1-5,11-12H,6-8H2;5-6H,1-4H2;1-4H/t19?,20-,21+,24?;9-,10+,14?;10?,11-,12+,13?;10?,11-,12+;11-,12+;;/m....0../s1. The second-order valence-corrected chi connectivity index (χ2v) is 39.3. The van der Waals surface area contributed by atoms with Crippen molar-refractivity contribution >= 4 is 56.4 Å². The summed E-state index contributed by atoms with van der Waals surface area (Å²) in [4.78, 5) is 68.3. The number of aromatic nitrogens is 3. The van der Waals surface area contributed by atoms with E-state index in [4.69, 9.17) is 14.2 Å². The Morgan fingerprint density at radius 1 is 0.394 bits per heavy atom. The van der Waals surface area contributed by atoms with Crippen LogP contribution in [0.25, 0.3) is 5.57 Å². The van der Waals surface area contributed by atoms with Crippen molar-refractivity contribution in [3.8, 4) is 46.1 Å². The Balaban J connectivity index is 0.000000137. The van der Waals surface area contributed by atoms with Gasteiger partial charge in [-0.05, 0) is 315 Å². The number of allylic oxidation sites excluding steroid dienone is 2. The number of carbonyl (C=O) groups excluding carboxylic acids is 6. The van der Waals surface area contributed by atoms with Gasteiger partial charge in [0.05, 0.1) is 32.0 Å². The molecule has 16 atom stereocenters. The Morgan fingerprint density at radius 3 is 1.08 bits per heavy atom. The number of halogens is 19. The van der Waals surface area contributed by atoms with E-state index in [2.05, 4.69) is 60.7 Å². The van der Waals surface area contributed by atoms with Crippen molar-refractivity contribution in [2.45, 2.75) is 235 Å². The van der Waals surface area contributed by atoms with Crippen molar-refractivity contribution in [2.75, 3.05) is 13.7 Å². The second-order valence-electron chi connectivity index (χ2n) is 38.4. The number of aliphatic hydroxyl groups excluding tert-OH is 1. The third-order valence-corrected chi connectivity index (χ3v) is 29.1. The lowest BCUT2D eigenvalue weighted by Gasteiger charge is -2.24. The van der Waals surface area contributed by atoms with Crippen LogP contribution in [0.15, 0.2) is 180 Å². The smallest absolute Gasteiger partial charge is 0.497 e. The number of hydrogen-bond donors (Lipinski definition) is 2. The minimum Gasteiger partial charge on any atom is -0.497 e. The summed E-state index contributed by atoms with van der Waals surface area (Å²) in [5.41, 5.74) is 5.69. The fraction of sp³-hybridized carbons (Fsp3) is 0.495. The van der Waals surface area contributed by atoms with E-state index in [1.54, 1.807) is 67.2 Å². The van der Waals surface area contributed by atoms with Gasteiger partial charge < -0.3 is 52.8 Å². The van der Waals surface area contributed by atoms with Gasteiger partial charge in [-0.25, -0.2) is 9.48 Å². The lowest BCUT2D eigenvalue weighted by atomic mass is 9.89. The molecule has 8 aromatic rings. The lowest BCUT2D eigenvalue weighted by molar-refractivity contribution is -0.275. The molecule has 0 amide bonds. The highest BCUT2D eigenvalue weighted by molar-refractivity contribution is 9.10. The van der Waals surface area contributed by atoms with Crippen molar-refractivity contribution in [1.82, 2.24) is 15.0 Å². The molecular formula is C103H104BrF18N3O17. The molecule has 0 spiro atoms. The zero-order valence-corrected chi connectivity index (χ0v) is 78.4. The molecule has 6 unspecified atom stereocenters. The van der Waals surface area contributed by atoms with Gasteiger partial charge in [0, 0.05) is 68.7 Å². The lowest BCUT2D eigenvalue weighted by Crippen LogP contribution is -2.23. The van der Waals surface area contributed by atoms with Crippen molar-refractivity contribution < 1.29 is 161 Å². The number of hydrogen-bond acceptors (Lipinski definition) is 19. The molecule has 12 aliphatic rings. The van der Waals surface area contributed by atoms with Crippen LogP contribution in [0.2, 0.25) is 0 Å². The fourth-order valence-electron chi connectivity index (χ4n) is 22.7. The maximum Gasteiger partial charge on any atom is 0.573 e.